The Balaban J connectivity index is 2.37. The van der Waals surface area contributed by atoms with Crippen LogP contribution in [0.3, 0.4) is 0 Å². The normalized spacial score (nSPS) is 11.1. The average molecular weight is 436 g/mol. The molecule has 0 saturated carbocycles. The summed E-state index contributed by atoms with van der Waals surface area (Å²) in [6, 6.07) is 8.64. The Morgan fingerprint density at radius 1 is 1.19 bits per heavy atom. The fourth-order valence-corrected chi connectivity index (χ4v) is 4.24. The Morgan fingerprint density at radius 3 is 2.52 bits per heavy atom. The van der Waals surface area contributed by atoms with Gasteiger partial charge in [-0.3, -0.25) is 4.72 Å². The van der Waals surface area contributed by atoms with E-state index in [1.165, 1.54) is 24.3 Å². The molecular formula is C12H8Br2N2O4S. The number of hydrogen-bond donors (Lipinski definition) is 2. The van der Waals surface area contributed by atoms with Crippen LogP contribution in [0.2, 0.25) is 0 Å². The third-order valence-electron chi connectivity index (χ3n) is 2.39. The molecule has 1 heterocycles. The molecule has 0 atom stereocenters. The number of carboxylic acid groups (broad SMARTS) is 1. The number of pyridine rings is 1. The second-order valence-electron chi connectivity index (χ2n) is 3.89. The molecule has 0 amide bonds. The van der Waals surface area contributed by atoms with Crippen LogP contribution >= 0.6 is 31.9 Å². The fourth-order valence-electron chi connectivity index (χ4n) is 1.50. The van der Waals surface area contributed by atoms with Crippen LogP contribution in [0.5, 0.6) is 0 Å². The van der Waals surface area contributed by atoms with Gasteiger partial charge in [-0.25, -0.2) is 18.2 Å². The topological polar surface area (TPSA) is 96.4 Å². The van der Waals surface area contributed by atoms with Crippen LogP contribution in [0.4, 0.5) is 5.82 Å². The largest absolute Gasteiger partial charge is 0.477 e. The molecule has 1 aromatic carbocycles. The summed E-state index contributed by atoms with van der Waals surface area (Å²) in [5, 5.41) is 8.85. The standard InChI is InChI=1S/C12H8Br2N2O4S/c13-7-4-5-10(8(14)6-7)21(19,20)16-11-3-1-2-9(15-11)12(17)18/h1-6H,(H,15,16)(H,17,18). The number of nitrogens with zero attached hydrogens (tertiary/aromatic N) is 1. The molecule has 2 N–H and O–H groups in total. The fraction of sp³-hybridized carbons (Fsp3) is 0. The zero-order chi connectivity index (χ0) is 15.6. The summed E-state index contributed by atoms with van der Waals surface area (Å²) < 4.78 is 27.9. The van der Waals surface area contributed by atoms with Crippen molar-refractivity contribution in [3.63, 3.8) is 0 Å². The van der Waals surface area contributed by atoms with Gasteiger partial charge in [0.05, 0.1) is 0 Å². The quantitative estimate of drug-likeness (QED) is 0.768. The highest BCUT2D eigenvalue weighted by atomic mass is 79.9. The van der Waals surface area contributed by atoms with Crippen molar-refractivity contribution in [1.29, 1.82) is 0 Å². The minimum atomic E-state index is -3.88. The number of carboxylic acids is 1. The van der Waals surface area contributed by atoms with E-state index in [1.807, 2.05) is 0 Å². The smallest absolute Gasteiger partial charge is 0.354 e. The molecule has 0 aliphatic rings. The monoisotopic (exact) mass is 434 g/mol. The van der Waals surface area contributed by atoms with Crippen LogP contribution in [-0.4, -0.2) is 24.5 Å². The minimum Gasteiger partial charge on any atom is -0.477 e. The summed E-state index contributed by atoms with van der Waals surface area (Å²) in [6.45, 7) is 0. The molecule has 0 aliphatic heterocycles. The lowest BCUT2D eigenvalue weighted by Gasteiger charge is -2.09. The molecule has 2 rings (SSSR count). The van der Waals surface area contributed by atoms with E-state index in [0.717, 1.165) is 4.47 Å². The lowest BCUT2D eigenvalue weighted by atomic mass is 10.3. The zero-order valence-corrected chi connectivity index (χ0v) is 14.2. The number of carbonyl (C=O) groups is 1. The van der Waals surface area contributed by atoms with E-state index in [4.69, 9.17) is 5.11 Å². The third-order valence-corrected chi connectivity index (χ3v) is 5.22. The van der Waals surface area contributed by atoms with Gasteiger partial charge in [-0.2, -0.15) is 0 Å². The molecule has 9 heteroatoms. The van der Waals surface area contributed by atoms with Gasteiger partial charge in [0.15, 0.2) is 5.69 Å². The van der Waals surface area contributed by atoms with Crippen LogP contribution < -0.4 is 4.72 Å². The second-order valence-corrected chi connectivity index (χ2v) is 7.31. The summed E-state index contributed by atoms with van der Waals surface area (Å²) in [7, 11) is -3.88. The van der Waals surface area contributed by atoms with Gasteiger partial charge >= 0.3 is 5.97 Å². The predicted octanol–water partition coefficient (Wildman–Crippen LogP) is 3.11. The van der Waals surface area contributed by atoms with Crippen LogP contribution in [0.1, 0.15) is 10.5 Å². The van der Waals surface area contributed by atoms with Crippen LogP contribution in [0, 0.1) is 0 Å². The molecule has 0 saturated heterocycles. The Labute approximate surface area is 137 Å². The van der Waals surface area contributed by atoms with Gasteiger partial charge in [0, 0.05) is 8.95 Å². The van der Waals surface area contributed by atoms with E-state index < -0.39 is 16.0 Å². The zero-order valence-electron chi connectivity index (χ0n) is 10.2. The molecule has 0 radical (unpaired) electrons. The molecule has 2 aromatic rings. The highest BCUT2D eigenvalue weighted by Crippen LogP contribution is 2.27. The molecule has 0 spiro atoms. The lowest BCUT2D eigenvalue weighted by molar-refractivity contribution is 0.0690. The number of nitrogens with one attached hydrogen (secondary N) is 1. The molecule has 0 fully saturated rings. The first-order valence-corrected chi connectivity index (χ1v) is 8.55. The maximum absolute atomic E-state index is 12.3. The van der Waals surface area contributed by atoms with Crippen molar-refractivity contribution in [2.24, 2.45) is 0 Å². The summed E-state index contributed by atoms with van der Waals surface area (Å²) in [5.74, 6) is -1.30. The molecule has 110 valence electrons. The van der Waals surface area contributed by atoms with E-state index in [1.54, 1.807) is 12.1 Å². The van der Waals surface area contributed by atoms with Crippen molar-refractivity contribution in [2.45, 2.75) is 4.90 Å². The van der Waals surface area contributed by atoms with Gasteiger partial charge in [-0.05, 0) is 46.3 Å². The van der Waals surface area contributed by atoms with Gasteiger partial charge in [-0.1, -0.05) is 22.0 Å². The Morgan fingerprint density at radius 2 is 1.90 bits per heavy atom. The first kappa shape index (κ1) is 15.9. The molecule has 1 aromatic heterocycles. The van der Waals surface area contributed by atoms with E-state index in [2.05, 4.69) is 41.6 Å². The van der Waals surface area contributed by atoms with Crippen LogP contribution in [0.25, 0.3) is 0 Å². The number of hydrogen-bond acceptors (Lipinski definition) is 4. The third kappa shape index (κ3) is 3.80. The van der Waals surface area contributed by atoms with Crippen molar-refractivity contribution < 1.29 is 18.3 Å². The second kappa shape index (κ2) is 6.12. The number of sulfonamides is 1. The summed E-state index contributed by atoms with van der Waals surface area (Å²) in [5.41, 5.74) is -0.245. The van der Waals surface area contributed by atoms with Crippen molar-refractivity contribution in [1.82, 2.24) is 4.98 Å². The van der Waals surface area contributed by atoms with E-state index in [0.29, 0.717) is 4.47 Å². The van der Waals surface area contributed by atoms with Crippen molar-refractivity contribution in [3.05, 3.63) is 51.0 Å². The summed E-state index contributed by atoms with van der Waals surface area (Å²) in [6.07, 6.45) is 0. The van der Waals surface area contributed by atoms with Crippen LogP contribution in [0.15, 0.2) is 50.2 Å². The highest BCUT2D eigenvalue weighted by Gasteiger charge is 2.19. The minimum absolute atomic E-state index is 0.0215. The Kier molecular flexibility index (Phi) is 4.64. The number of aromatic carboxylic acids is 1. The number of halogens is 2. The van der Waals surface area contributed by atoms with Gasteiger partial charge in [0.25, 0.3) is 10.0 Å². The molecule has 0 unspecified atom stereocenters. The van der Waals surface area contributed by atoms with Gasteiger partial charge in [-0.15, -0.1) is 0 Å². The molecule has 6 nitrogen and oxygen atoms in total. The van der Waals surface area contributed by atoms with Crippen molar-refractivity contribution >= 4 is 53.7 Å². The van der Waals surface area contributed by atoms with Crippen molar-refractivity contribution in [3.8, 4) is 0 Å². The maximum atomic E-state index is 12.3. The SMILES string of the molecule is O=C(O)c1cccc(NS(=O)(=O)c2ccc(Br)cc2Br)n1. The lowest BCUT2D eigenvalue weighted by Crippen LogP contribution is -2.15. The first-order chi connectivity index (χ1) is 9.79. The van der Waals surface area contributed by atoms with Gasteiger partial charge in [0.2, 0.25) is 0 Å². The van der Waals surface area contributed by atoms with E-state index in [-0.39, 0.29) is 16.4 Å². The summed E-state index contributed by atoms with van der Waals surface area (Å²) in [4.78, 5) is 14.6. The highest BCUT2D eigenvalue weighted by molar-refractivity contribution is 9.11. The van der Waals surface area contributed by atoms with Crippen LogP contribution in [-0.2, 0) is 10.0 Å². The first-order valence-electron chi connectivity index (χ1n) is 5.48. The van der Waals surface area contributed by atoms with Gasteiger partial charge in [0.1, 0.15) is 10.7 Å². The predicted molar refractivity (Wildman–Crippen MR) is 83.8 cm³/mol. The molecule has 0 bridgehead atoms. The average Bonchev–Trinajstić information content (AvgIpc) is 2.37. The number of aromatic nitrogens is 1. The molecule has 21 heavy (non-hydrogen) atoms. The summed E-state index contributed by atoms with van der Waals surface area (Å²) >= 11 is 6.40. The van der Waals surface area contributed by atoms with E-state index >= 15 is 0 Å². The number of rotatable bonds is 4. The van der Waals surface area contributed by atoms with Gasteiger partial charge < -0.3 is 5.11 Å². The molecule has 0 aliphatic carbocycles. The Bertz CT molecular complexity index is 809. The number of anilines is 1. The number of benzene rings is 1. The Hall–Kier alpha value is -1.45. The van der Waals surface area contributed by atoms with E-state index in [9.17, 15) is 13.2 Å². The maximum Gasteiger partial charge on any atom is 0.354 e. The molecular weight excluding hydrogens is 428 g/mol. The van der Waals surface area contributed by atoms with Crippen molar-refractivity contribution in [2.75, 3.05) is 4.72 Å².